The molecule has 2 heteroatoms. The van der Waals surface area contributed by atoms with Crippen molar-refractivity contribution in [2.75, 3.05) is 6.61 Å². The molecule has 0 aromatic heterocycles. The molecule has 0 saturated heterocycles. The van der Waals surface area contributed by atoms with Crippen LogP contribution in [-0.2, 0) is 3.79 Å². The van der Waals surface area contributed by atoms with Gasteiger partial charge in [0, 0.05) is 0 Å². The van der Waals surface area contributed by atoms with Crippen LogP contribution >= 0.6 is 0 Å². The molecule has 0 bridgehead atoms. The molecule has 0 atom stereocenters. The summed E-state index contributed by atoms with van der Waals surface area (Å²) < 4.78 is 4.72. The van der Waals surface area contributed by atoms with Gasteiger partial charge in [-0.1, -0.05) is 0 Å². The Morgan fingerprint density at radius 3 is 2.17 bits per heavy atom. The fourth-order valence-corrected chi connectivity index (χ4v) is 0.577. The Kier molecular flexibility index (Phi) is 3.98. The normalized spacial score (nSPS) is 10.2. The zero-order chi connectivity index (χ0) is 4.99. The summed E-state index contributed by atoms with van der Waals surface area (Å²) in [6.45, 7) is 5.07. The molecule has 6 heavy (non-hydrogen) atoms. The average molecular weight is 100 g/mol. The van der Waals surface area contributed by atoms with Gasteiger partial charge in [-0.3, -0.25) is 0 Å². The van der Waals surface area contributed by atoms with Crippen LogP contribution in [0.15, 0.2) is 0 Å². The van der Waals surface area contributed by atoms with Crippen LogP contribution in [-0.4, -0.2) is 23.2 Å². The van der Waals surface area contributed by atoms with Crippen LogP contribution in [0.2, 0.25) is 0 Å². The number of hydrogen-bond donors (Lipinski definition) is 0. The van der Waals surface area contributed by atoms with Gasteiger partial charge in [-0.15, -0.1) is 0 Å². The Labute approximate surface area is 47.4 Å². The predicted molar refractivity (Wildman–Crippen MR) is 26.5 cm³/mol. The third-order valence-corrected chi connectivity index (χ3v) is 0.622. The van der Waals surface area contributed by atoms with Gasteiger partial charge in [0.2, 0.25) is 0 Å². The average Bonchev–Trinajstić information content (AvgIpc) is 1.35. The number of rotatable bonds is 2. The minimum absolute atomic E-state index is 0.655. The van der Waals surface area contributed by atoms with Crippen LogP contribution in [0.3, 0.4) is 0 Å². The molecule has 0 rings (SSSR count). The van der Waals surface area contributed by atoms with Gasteiger partial charge < -0.3 is 0 Å². The molecule has 0 radical (unpaired) electrons. The van der Waals surface area contributed by atoms with Crippen molar-refractivity contribution in [2.45, 2.75) is 13.8 Å². The van der Waals surface area contributed by atoms with E-state index in [1.165, 1.54) is 0 Å². The molecular weight excluding hydrogens is 91.0 g/mol. The van der Waals surface area contributed by atoms with Gasteiger partial charge in [0.05, 0.1) is 0 Å². The van der Waals surface area contributed by atoms with Crippen molar-refractivity contribution >= 4 is 16.6 Å². The standard InChI is InChI=1S/C4H9O.Al/c1-4(2)3-5;/h4H,3H2,1-2H3;/q-1;+3. The van der Waals surface area contributed by atoms with Crippen molar-refractivity contribution in [1.82, 2.24) is 0 Å². The summed E-state index contributed by atoms with van der Waals surface area (Å²) in [6.07, 6.45) is 0. The molecule has 0 aromatic rings. The Balaban J connectivity index is 2.63. The summed E-state index contributed by atoms with van der Waals surface area (Å²) in [4.78, 5) is 0. The first-order valence-electron chi connectivity index (χ1n) is 2.09. The van der Waals surface area contributed by atoms with Gasteiger partial charge >= 0.3 is 46.8 Å². The van der Waals surface area contributed by atoms with Gasteiger partial charge in [-0.05, 0) is 0 Å². The molecule has 0 spiro atoms. The molecule has 0 N–H and O–H groups in total. The van der Waals surface area contributed by atoms with Crippen molar-refractivity contribution in [1.29, 1.82) is 0 Å². The molecule has 0 aliphatic rings. The molecule has 0 aromatic carbocycles. The van der Waals surface area contributed by atoms with Crippen LogP contribution in [0.4, 0.5) is 0 Å². The van der Waals surface area contributed by atoms with Crippen molar-refractivity contribution in [3.8, 4) is 0 Å². The van der Waals surface area contributed by atoms with Crippen LogP contribution in [0.5, 0.6) is 0 Å². The van der Waals surface area contributed by atoms with E-state index < -0.39 is 0 Å². The molecule has 0 saturated carbocycles. The van der Waals surface area contributed by atoms with Crippen LogP contribution in [0.25, 0.3) is 0 Å². The van der Waals surface area contributed by atoms with E-state index in [-0.39, 0.29) is 0 Å². The van der Waals surface area contributed by atoms with E-state index in [1.807, 2.05) is 0 Å². The van der Waals surface area contributed by atoms with E-state index in [2.05, 4.69) is 30.5 Å². The fourth-order valence-electron chi connectivity index (χ4n) is 0.192. The second-order valence-electron chi connectivity index (χ2n) is 1.73. The zero-order valence-corrected chi connectivity index (χ0v) is 5.42. The van der Waals surface area contributed by atoms with E-state index in [0.29, 0.717) is 5.92 Å². The maximum absolute atomic E-state index is 4.72. The van der Waals surface area contributed by atoms with E-state index >= 15 is 0 Å². The maximum atomic E-state index is 4.72. The second-order valence-corrected chi connectivity index (χ2v) is 2.06. The second kappa shape index (κ2) is 3.67. The topological polar surface area (TPSA) is 9.23 Å². The van der Waals surface area contributed by atoms with Crippen molar-refractivity contribution < 1.29 is 3.79 Å². The predicted octanol–water partition coefficient (Wildman–Crippen LogP) is 0.742. The summed E-state index contributed by atoms with van der Waals surface area (Å²) in [5.74, 6) is 0.655. The van der Waals surface area contributed by atoms with Crippen LogP contribution in [0.1, 0.15) is 13.8 Å². The first kappa shape index (κ1) is 6.49. The molecular formula is C4H9AlO+2. The summed E-state index contributed by atoms with van der Waals surface area (Å²) in [7, 11) is 0. The van der Waals surface area contributed by atoms with E-state index in [9.17, 15) is 0 Å². The number of hydrogen-bond acceptors (Lipinski definition) is 1. The van der Waals surface area contributed by atoms with Gasteiger partial charge in [0.15, 0.2) is 0 Å². The summed E-state index contributed by atoms with van der Waals surface area (Å²) in [6, 6.07) is 0. The Hall–Kier alpha value is 0.492. The molecule has 0 unspecified atom stereocenters. The van der Waals surface area contributed by atoms with Crippen molar-refractivity contribution in [3.05, 3.63) is 0 Å². The van der Waals surface area contributed by atoms with E-state index in [1.54, 1.807) is 0 Å². The summed E-state index contributed by atoms with van der Waals surface area (Å²) in [5.41, 5.74) is 0. The van der Waals surface area contributed by atoms with E-state index in [0.717, 1.165) is 6.61 Å². The van der Waals surface area contributed by atoms with Gasteiger partial charge in [0.25, 0.3) is 0 Å². The van der Waals surface area contributed by atoms with E-state index in [4.69, 9.17) is 3.79 Å². The molecule has 0 fully saturated rings. The van der Waals surface area contributed by atoms with Crippen molar-refractivity contribution in [3.63, 3.8) is 0 Å². The first-order valence-corrected chi connectivity index (χ1v) is 2.56. The molecule has 1 nitrogen and oxygen atoms in total. The molecule has 0 heterocycles. The third kappa shape index (κ3) is 4.49. The van der Waals surface area contributed by atoms with Gasteiger partial charge in [-0.25, -0.2) is 0 Å². The summed E-state index contributed by atoms with van der Waals surface area (Å²) >= 11 is 2.22. The summed E-state index contributed by atoms with van der Waals surface area (Å²) in [5, 5.41) is 0. The molecule has 0 aliphatic heterocycles. The molecule has 0 aliphatic carbocycles. The molecule has 0 amide bonds. The Morgan fingerprint density at radius 1 is 1.67 bits per heavy atom. The van der Waals surface area contributed by atoms with Crippen molar-refractivity contribution in [2.24, 2.45) is 5.92 Å². The van der Waals surface area contributed by atoms with Crippen LogP contribution in [0, 0.1) is 5.92 Å². The van der Waals surface area contributed by atoms with Crippen LogP contribution < -0.4 is 0 Å². The minimum atomic E-state index is 0.655. The van der Waals surface area contributed by atoms with Gasteiger partial charge in [0.1, 0.15) is 0 Å². The molecule has 32 valence electrons. The zero-order valence-electron chi connectivity index (χ0n) is 4.27. The fraction of sp³-hybridized carbons (Fsp3) is 1.00. The third-order valence-electron chi connectivity index (χ3n) is 0.430. The van der Waals surface area contributed by atoms with Gasteiger partial charge in [-0.2, -0.15) is 0 Å². The Morgan fingerprint density at radius 2 is 2.17 bits per heavy atom. The monoisotopic (exact) mass is 100 g/mol. The quantitative estimate of drug-likeness (QED) is 0.465. The SMILES string of the molecule is CC(C)C[O][Al+2]. The Bertz CT molecular complexity index is 28.7. The first-order chi connectivity index (χ1) is 2.77.